The number of imidazole rings is 1. The Kier molecular flexibility index (Phi) is 4.50. The van der Waals surface area contributed by atoms with Gasteiger partial charge < -0.3 is 4.57 Å². The molecule has 4 rings (SSSR count). The molecule has 0 fully saturated rings. The molecular formula is C21H17ClN4. The van der Waals surface area contributed by atoms with Crippen molar-refractivity contribution in [2.24, 2.45) is 0 Å². The van der Waals surface area contributed by atoms with Gasteiger partial charge in [-0.3, -0.25) is 9.97 Å². The molecule has 26 heavy (non-hydrogen) atoms. The third kappa shape index (κ3) is 3.00. The van der Waals surface area contributed by atoms with Gasteiger partial charge in [-0.25, -0.2) is 4.98 Å². The van der Waals surface area contributed by atoms with E-state index in [0.717, 1.165) is 40.4 Å². The first kappa shape index (κ1) is 16.5. The highest BCUT2D eigenvalue weighted by molar-refractivity contribution is 6.30. The zero-order valence-corrected chi connectivity index (χ0v) is 15.1. The quantitative estimate of drug-likeness (QED) is 0.493. The standard InChI is InChI=1S/C21H17ClN4/c1-2-26-20(16-5-7-18(22)8-6-16)19(15-9-12-23-13-10-15)25-21(26)17-4-3-11-24-14-17/h3-14H,2H2,1H3. The Labute approximate surface area is 157 Å². The number of pyridine rings is 2. The van der Waals surface area contributed by atoms with E-state index in [0.29, 0.717) is 5.02 Å². The van der Waals surface area contributed by atoms with Crippen LogP contribution in [-0.2, 0) is 6.54 Å². The predicted molar refractivity (Wildman–Crippen MR) is 105 cm³/mol. The first-order chi connectivity index (χ1) is 12.8. The van der Waals surface area contributed by atoms with Gasteiger partial charge in [0, 0.05) is 53.0 Å². The van der Waals surface area contributed by atoms with Crippen LogP contribution in [0, 0.1) is 0 Å². The van der Waals surface area contributed by atoms with Crippen LogP contribution in [0.3, 0.4) is 0 Å². The molecule has 128 valence electrons. The average molecular weight is 361 g/mol. The summed E-state index contributed by atoms with van der Waals surface area (Å²) in [6.07, 6.45) is 7.19. The van der Waals surface area contributed by atoms with Crippen molar-refractivity contribution in [3.8, 4) is 33.9 Å². The minimum Gasteiger partial charge on any atom is -0.324 e. The number of rotatable bonds is 4. The van der Waals surface area contributed by atoms with Crippen LogP contribution >= 0.6 is 11.6 Å². The topological polar surface area (TPSA) is 43.6 Å². The van der Waals surface area contributed by atoms with Crippen molar-refractivity contribution in [2.75, 3.05) is 0 Å². The Morgan fingerprint density at radius 2 is 1.62 bits per heavy atom. The Morgan fingerprint density at radius 3 is 2.27 bits per heavy atom. The molecule has 4 aromatic rings. The third-order valence-corrected chi connectivity index (χ3v) is 4.53. The van der Waals surface area contributed by atoms with E-state index in [4.69, 9.17) is 16.6 Å². The summed E-state index contributed by atoms with van der Waals surface area (Å²) in [6, 6.07) is 15.8. The van der Waals surface area contributed by atoms with E-state index in [1.54, 1.807) is 18.6 Å². The lowest BCUT2D eigenvalue weighted by molar-refractivity contribution is 0.777. The summed E-state index contributed by atoms with van der Waals surface area (Å²) in [5.74, 6) is 0.900. The van der Waals surface area contributed by atoms with Crippen LogP contribution in [0.15, 0.2) is 73.3 Å². The second kappa shape index (κ2) is 7.10. The van der Waals surface area contributed by atoms with Crippen molar-refractivity contribution in [1.29, 1.82) is 0 Å². The lowest BCUT2D eigenvalue weighted by Gasteiger charge is -2.11. The van der Waals surface area contributed by atoms with Crippen molar-refractivity contribution in [3.05, 3.63) is 78.3 Å². The molecule has 0 saturated heterocycles. The number of hydrogen-bond donors (Lipinski definition) is 0. The van der Waals surface area contributed by atoms with Crippen LogP contribution in [0.1, 0.15) is 6.92 Å². The number of halogens is 1. The van der Waals surface area contributed by atoms with E-state index >= 15 is 0 Å². The van der Waals surface area contributed by atoms with E-state index in [-0.39, 0.29) is 0 Å². The van der Waals surface area contributed by atoms with Gasteiger partial charge in [0.2, 0.25) is 0 Å². The smallest absolute Gasteiger partial charge is 0.142 e. The highest BCUT2D eigenvalue weighted by Gasteiger charge is 2.20. The predicted octanol–water partition coefficient (Wildman–Crippen LogP) is 5.35. The van der Waals surface area contributed by atoms with E-state index in [9.17, 15) is 0 Å². The van der Waals surface area contributed by atoms with Gasteiger partial charge in [-0.1, -0.05) is 23.7 Å². The van der Waals surface area contributed by atoms with E-state index in [2.05, 4.69) is 21.5 Å². The minimum absolute atomic E-state index is 0.717. The normalized spacial score (nSPS) is 10.8. The zero-order valence-electron chi connectivity index (χ0n) is 14.3. The lowest BCUT2D eigenvalue weighted by atomic mass is 10.1. The van der Waals surface area contributed by atoms with Crippen LogP contribution in [0.25, 0.3) is 33.9 Å². The Bertz CT molecular complexity index is 1010. The van der Waals surface area contributed by atoms with E-state index in [1.165, 1.54) is 0 Å². The first-order valence-corrected chi connectivity index (χ1v) is 8.83. The molecule has 1 aromatic carbocycles. The summed E-state index contributed by atoms with van der Waals surface area (Å²) >= 11 is 6.09. The fraction of sp³-hybridized carbons (Fsp3) is 0.0952. The second-order valence-corrected chi connectivity index (χ2v) is 6.30. The minimum atomic E-state index is 0.717. The molecule has 0 amide bonds. The third-order valence-electron chi connectivity index (χ3n) is 4.27. The van der Waals surface area contributed by atoms with Gasteiger partial charge in [0.15, 0.2) is 0 Å². The SMILES string of the molecule is CCn1c(-c2cccnc2)nc(-c2ccncc2)c1-c1ccc(Cl)cc1. The van der Waals surface area contributed by atoms with Crippen molar-refractivity contribution in [3.63, 3.8) is 0 Å². The van der Waals surface area contributed by atoms with Crippen molar-refractivity contribution in [2.45, 2.75) is 13.5 Å². The second-order valence-electron chi connectivity index (χ2n) is 5.86. The van der Waals surface area contributed by atoms with Gasteiger partial charge >= 0.3 is 0 Å². The van der Waals surface area contributed by atoms with Gasteiger partial charge in [0.1, 0.15) is 5.82 Å². The summed E-state index contributed by atoms with van der Waals surface area (Å²) in [4.78, 5) is 13.4. The summed E-state index contributed by atoms with van der Waals surface area (Å²) in [5.41, 5.74) is 5.09. The average Bonchev–Trinajstić information content (AvgIpc) is 3.09. The molecule has 4 nitrogen and oxygen atoms in total. The molecular weight excluding hydrogens is 344 g/mol. The zero-order chi connectivity index (χ0) is 17.9. The van der Waals surface area contributed by atoms with Gasteiger partial charge in [0.05, 0.1) is 11.4 Å². The largest absolute Gasteiger partial charge is 0.324 e. The van der Waals surface area contributed by atoms with Crippen LogP contribution in [-0.4, -0.2) is 19.5 Å². The Morgan fingerprint density at radius 1 is 0.846 bits per heavy atom. The fourth-order valence-electron chi connectivity index (χ4n) is 3.09. The highest BCUT2D eigenvalue weighted by Crippen LogP contribution is 2.36. The van der Waals surface area contributed by atoms with Crippen LogP contribution < -0.4 is 0 Å². The molecule has 0 spiro atoms. The summed E-state index contributed by atoms with van der Waals surface area (Å²) in [6.45, 7) is 2.91. The Hall–Kier alpha value is -2.98. The maximum atomic E-state index is 6.09. The van der Waals surface area contributed by atoms with E-state index in [1.807, 2.05) is 54.7 Å². The number of aromatic nitrogens is 4. The van der Waals surface area contributed by atoms with E-state index < -0.39 is 0 Å². The molecule has 0 aliphatic heterocycles. The molecule has 0 unspecified atom stereocenters. The molecule has 3 heterocycles. The molecule has 0 atom stereocenters. The van der Waals surface area contributed by atoms with Crippen molar-refractivity contribution in [1.82, 2.24) is 19.5 Å². The van der Waals surface area contributed by atoms with Crippen LogP contribution in [0.2, 0.25) is 5.02 Å². The lowest BCUT2D eigenvalue weighted by Crippen LogP contribution is -2.00. The fourth-order valence-corrected chi connectivity index (χ4v) is 3.21. The summed E-state index contributed by atoms with van der Waals surface area (Å²) in [5, 5.41) is 0.717. The number of nitrogens with zero attached hydrogens (tertiary/aromatic N) is 4. The molecule has 5 heteroatoms. The van der Waals surface area contributed by atoms with Crippen molar-refractivity contribution >= 4 is 11.6 Å². The molecule has 3 aromatic heterocycles. The van der Waals surface area contributed by atoms with Crippen molar-refractivity contribution < 1.29 is 0 Å². The van der Waals surface area contributed by atoms with Gasteiger partial charge in [-0.05, 0) is 43.3 Å². The maximum Gasteiger partial charge on any atom is 0.142 e. The summed E-state index contributed by atoms with van der Waals surface area (Å²) in [7, 11) is 0. The number of benzene rings is 1. The molecule has 0 aliphatic rings. The monoisotopic (exact) mass is 360 g/mol. The molecule has 0 N–H and O–H groups in total. The van der Waals surface area contributed by atoms with Gasteiger partial charge in [0.25, 0.3) is 0 Å². The number of hydrogen-bond acceptors (Lipinski definition) is 3. The molecule has 0 aliphatic carbocycles. The maximum absolute atomic E-state index is 6.09. The molecule has 0 radical (unpaired) electrons. The Balaban J connectivity index is 2.01. The van der Waals surface area contributed by atoms with Gasteiger partial charge in [-0.15, -0.1) is 0 Å². The highest BCUT2D eigenvalue weighted by atomic mass is 35.5. The van der Waals surface area contributed by atoms with Crippen LogP contribution in [0.5, 0.6) is 0 Å². The first-order valence-electron chi connectivity index (χ1n) is 8.45. The van der Waals surface area contributed by atoms with Crippen LogP contribution in [0.4, 0.5) is 0 Å². The molecule has 0 saturated carbocycles. The summed E-state index contributed by atoms with van der Waals surface area (Å²) < 4.78 is 2.22. The molecule has 0 bridgehead atoms. The van der Waals surface area contributed by atoms with Gasteiger partial charge in [-0.2, -0.15) is 0 Å².